The molecular weight excluding hydrogens is 286 g/mol. The van der Waals surface area contributed by atoms with Gasteiger partial charge in [-0.3, -0.25) is 4.79 Å². The summed E-state index contributed by atoms with van der Waals surface area (Å²) >= 11 is 0. The van der Waals surface area contributed by atoms with Crippen LogP contribution in [0, 0.1) is 23.3 Å². The van der Waals surface area contributed by atoms with Gasteiger partial charge in [0, 0.05) is 25.2 Å². The molecule has 0 aliphatic heterocycles. The summed E-state index contributed by atoms with van der Waals surface area (Å²) in [7, 11) is 1.27. The van der Waals surface area contributed by atoms with Gasteiger partial charge in [0.1, 0.15) is 28.8 Å². The average Bonchev–Trinajstić information content (AvgIpc) is 2.41. The lowest BCUT2D eigenvalue weighted by Gasteiger charge is -2.18. The molecule has 0 saturated carbocycles. The fraction of sp³-hybridized carbons (Fsp3) is 0.133. The van der Waals surface area contributed by atoms with E-state index in [4.69, 9.17) is 0 Å². The van der Waals surface area contributed by atoms with Gasteiger partial charge in [-0.15, -0.1) is 0 Å². The smallest absolute Gasteiger partial charge is 0.259 e. The van der Waals surface area contributed by atoms with Gasteiger partial charge in [0.25, 0.3) is 5.91 Å². The van der Waals surface area contributed by atoms with E-state index in [0.717, 1.165) is 29.2 Å². The zero-order valence-corrected chi connectivity index (χ0v) is 11.0. The quantitative estimate of drug-likeness (QED) is 0.794. The summed E-state index contributed by atoms with van der Waals surface area (Å²) in [6, 6.07) is 5.95. The molecule has 0 unspecified atom stereocenters. The number of carbonyl (C=O) groups is 1. The van der Waals surface area contributed by atoms with Gasteiger partial charge in [-0.1, -0.05) is 12.1 Å². The molecule has 1 amide bonds. The molecule has 0 aliphatic rings. The molecule has 0 N–H and O–H groups in total. The topological polar surface area (TPSA) is 20.3 Å². The van der Waals surface area contributed by atoms with Gasteiger partial charge in [0.05, 0.1) is 0 Å². The minimum atomic E-state index is -0.994. The number of carbonyl (C=O) groups excluding carboxylic acids is 1. The molecular formula is C15H11F4NO. The predicted molar refractivity (Wildman–Crippen MR) is 68.5 cm³/mol. The van der Waals surface area contributed by atoms with Crippen LogP contribution in [0.5, 0.6) is 0 Å². The Morgan fingerprint density at radius 1 is 1.00 bits per heavy atom. The zero-order chi connectivity index (χ0) is 15.6. The van der Waals surface area contributed by atoms with Crippen molar-refractivity contribution in [3.05, 3.63) is 70.8 Å². The van der Waals surface area contributed by atoms with Gasteiger partial charge < -0.3 is 4.90 Å². The van der Waals surface area contributed by atoms with Crippen molar-refractivity contribution >= 4 is 5.91 Å². The molecule has 110 valence electrons. The Hall–Kier alpha value is -2.37. The van der Waals surface area contributed by atoms with Crippen LogP contribution in [0.25, 0.3) is 0 Å². The monoisotopic (exact) mass is 297 g/mol. The Kier molecular flexibility index (Phi) is 4.26. The maximum Gasteiger partial charge on any atom is 0.259 e. The third kappa shape index (κ3) is 3.21. The van der Waals surface area contributed by atoms with Crippen LogP contribution in [0.1, 0.15) is 15.9 Å². The summed E-state index contributed by atoms with van der Waals surface area (Å²) in [5, 5.41) is 0. The van der Waals surface area contributed by atoms with Crippen molar-refractivity contribution in [2.45, 2.75) is 6.54 Å². The van der Waals surface area contributed by atoms with Crippen molar-refractivity contribution in [2.24, 2.45) is 0 Å². The summed E-state index contributed by atoms with van der Waals surface area (Å²) in [4.78, 5) is 13.0. The largest absolute Gasteiger partial charge is 0.337 e. The standard InChI is InChI=1S/C15H11F4NO/c1-20(8-9-5-6-10(16)7-13(9)19)15(21)14-11(17)3-2-4-12(14)18/h2-7H,8H2,1H3. The van der Waals surface area contributed by atoms with Crippen molar-refractivity contribution in [1.82, 2.24) is 4.90 Å². The van der Waals surface area contributed by atoms with Crippen molar-refractivity contribution in [3.8, 4) is 0 Å². The summed E-state index contributed by atoms with van der Waals surface area (Å²) in [5.74, 6) is -4.48. The summed E-state index contributed by atoms with van der Waals surface area (Å²) in [6.07, 6.45) is 0. The zero-order valence-electron chi connectivity index (χ0n) is 11.0. The molecule has 0 atom stereocenters. The molecule has 2 aromatic carbocycles. The van der Waals surface area contributed by atoms with Crippen molar-refractivity contribution in [3.63, 3.8) is 0 Å². The number of halogens is 4. The Morgan fingerprint density at radius 3 is 2.19 bits per heavy atom. The molecule has 6 heteroatoms. The van der Waals surface area contributed by atoms with E-state index >= 15 is 0 Å². The molecule has 2 nitrogen and oxygen atoms in total. The molecule has 2 aromatic rings. The Morgan fingerprint density at radius 2 is 1.62 bits per heavy atom. The number of amides is 1. The molecule has 0 spiro atoms. The molecule has 0 heterocycles. The van der Waals surface area contributed by atoms with Gasteiger partial charge in [0.2, 0.25) is 0 Å². The first-order valence-corrected chi connectivity index (χ1v) is 6.03. The highest BCUT2D eigenvalue weighted by molar-refractivity contribution is 5.94. The number of benzene rings is 2. The maximum absolute atomic E-state index is 13.5. The second kappa shape index (κ2) is 5.95. The van der Waals surface area contributed by atoms with Crippen LogP contribution < -0.4 is 0 Å². The van der Waals surface area contributed by atoms with Crippen molar-refractivity contribution < 1.29 is 22.4 Å². The summed E-state index contributed by atoms with van der Waals surface area (Å²) in [6.45, 7) is -0.237. The van der Waals surface area contributed by atoms with E-state index in [9.17, 15) is 22.4 Å². The predicted octanol–water partition coefficient (Wildman–Crippen LogP) is 3.52. The SMILES string of the molecule is CN(Cc1ccc(F)cc1F)C(=O)c1c(F)cccc1F. The van der Waals surface area contributed by atoms with Crippen LogP contribution in [0.4, 0.5) is 17.6 Å². The fourth-order valence-corrected chi connectivity index (χ4v) is 1.87. The van der Waals surface area contributed by atoms with E-state index in [1.807, 2.05) is 0 Å². The lowest BCUT2D eigenvalue weighted by molar-refractivity contribution is 0.0774. The third-order valence-corrected chi connectivity index (χ3v) is 2.95. The van der Waals surface area contributed by atoms with Crippen LogP contribution in [0.2, 0.25) is 0 Å². The number of hydrogen-bond donors (Lipinski definition) is 0. The van der Waals surface area contributed by atoms with Gasteiger partial charge in [-0.2, -0.15) is 0 Å². The highest BCUT2D eigenvalue weighted by atomic mass is 19.1. The second-order valence-electron chi connectivity index (χ2n) is 4.49. The van der Waals surface area contributed by atoms with Crippen LogP contribution in [-0.2, 0) is 6.54 Å². The highest BCUT2D eigenvalue weighted by Crippen LogP contribution is 2.17. The molecule has 0 saturated heterocycles. The molecule has 0 aliphatic carbocycles. The number of hydrogen-bond acceptors (Lipinski definition) is 1. The van der Waals surface area contributed by atoms with Gasteiger partial charge >= 0.3 is 0 Å². The Balaban J connectivity index is 2.24. The summed E-state index contributed by atoms with van der Waals surface area (Å²) < 4.78 is 53.3. The van der Waals surface area contributed by atoms with E-state index in [1.165, 1.54) is 13.1 Å². The first kappa shape index (κ1) is 15.0. The van der Waals surface area contributed by atoms with E-state index in [0.29, 0.717) is 6.07 Å². The Bertz CT molecular complexity index is 667. The molecule has 0 bridgehead atoms. The van der Waals surface area contributed by atoms with Crippen LogP contribution in [-0.4, -0.2) is 17.9 Å². The minimum Gasteiger partial charge on any atom is -0.337 e. The lowest BCUT2D eigenvalue weighted by Crippen LogP contribution is -2.28. The molecule has 21 heavy (non-hydrogen) atoms. The minimum absolute atomic E-state index is 0.0454. The Labute approximate surface area is 118 Å². The number of nitrogens with zero attached hydrogens (tertiary/aromatic N) is 1. The first-order chi connectivity index (χ1) is 9.90. The third-order valence-electron chi connectivity index (χ3n) is 2.95. The van der Waals surface area contributed by atoms with Crippen molar-refractivity contribution in [2.75, 3.05) is 7.05 Å². The second-order valence-corrected chi connectivity index (χ2v) is 4.49. The highest BCUT2D eigenvalue weighted by Gasteiger charge is 2.21. The average molecular weight is 297 g/mol. The fourth-order valence-electron chi connectivity index (χ4n) is 1.87. The lowest BCUT2D eigenvalue weighted by atomic mass is 10.1. The maximum atomic E-state index is 13.5. The van der Waals surface area contributed by atoms with Gasteiger partial charge in [0.15, 0.2) is 0 Å². The number of rotatable bonds is 3. The van der Waals surface area contributed by atoms with E-state index in [2.05, 4.69) is 0 Å². The van der Waals surface area contributed by atoms with Crippen LogP contribution in [0.3, 0.4) is 0 Å². The van der Waals surface area contributed by atoms with E-state index < -0.39 is 34.7 Å². The van der Waals surface area contributed by atoms with Crippen molar-refractivity contribution in [1.29, 1.82) is 0 Å². The molecule has 2 rings (SSSR count). The van der Waals surface area contributed by atoms with Gasteiger partial charge in [-0.25, -0.2) is 17.6 Å². The van der Waals surface area contributed by atoms with E-state index in [-0.39, 0.29) is 12.1 Å². The molecule has 0 fully saturated rings. The van der Waals surface area contributed by atoms with Crippen LogP contribution >= 0.6 is 0 Å². The summed E-state index contributed by atoms with van der Waals surface area (Å²) in [5.41, 5.74) is -0.661. The van der Waals surface area contributed by atoms with Gasteiger partial charge in [-0.05, 0) is 18.2 Å². The molecule has 0 aromatic heterocycles. The van der Waals surface area contributed by atoms with Crippen LogP contribution in [0.15, 0.2) is 36.4 Å². The normalized spacial score (nSPS) is 10.5. The van der Waals surface area contributed by atoms with E-state index in [1.54, 1.807) is 0 Å². The first-order valence-electron chi connectivity index (χ1n) is 6.03. The molecule has 0 radical (unpaired) electrons.